The molecule has 0 aromatic heterocycles. The highest BCUT2D eigenvalue weighted by atomic mass is 14.7. The number of hydrogen-bond acceptors (Lipinski definition) is 0. The molecule has 0 aromatic carbocycles. The molecule has 0 unspecified atom stereocenters. The Labute approximate surface area is 93.5 Å². The summed E-state index contributed by atoms with van der Waals surface area (Å²) in [6.45, 7) is 11.7. The van der Waals surface area contributed by atoms with E-state index in [1.165, 1.54) is 37.7 Å². The van der Waals surface area contributed by atoms with E-state index in [0.717, 1.165) is 0 Å². The molecule has 0 heterocycles. The van der Waals surface area contributed by atoms with Crippen LogP contribution in [0.4, 0.5) is 0 Å². The maximum absolute atomic E-state index is 4.43. The molecule has 2 atom stereocenters. The van der Waals surface area contributed by atoms with Crippen LogP contribution in [0.1, 0.15) is 52.9 Å². The Morgan fingerprint density at radius 2 is 2.00 bits per heavy atom. The van der Waals surface area contributed by atoms with Gasteiger partial charge in [0.2, 0.25) is 0 Å². The van der Waals surface area contributed by atoms with Crippen LogP contribution in [0, 0.1) is 16.2 Å². The molecule has 3 aliphatic carbocycles. The molecular weight excluding hydrogens is 180 g/mol. The normalized spacial score (nSPS) is 46.6. The van der Waals surface area contributed by atoms with Gasteiger partial charge in [0, 0.05) is 5.41 Å². The van der Waals surface area contributed by atoms with E-state index in [1.54, 1.807) is 5.57 Å². The van der Waals surface area contributed by atoms with Gasteiger partial charge in [-0.15, -0.1) is 0 Å². The van der Waals surface area contributed by atoms with Crippen molar-refractivity contribution in [3.05, 3.63) is 23.8 Å². The predicted molar refractivity (Wildman–Crippen MR) is 64.6 cm³/mol. The first kappa shape index (κ1) is 9.69. The van der Waals surface area contributed by atoms with Gasteiger partial charge in [0.05, 0.1) is 0 Å². The second-order valence-electron chi connectivity index (χ2n) is 6.60. The number of allylic oxidation sites excluding steroid dienone is 3. The van der Waals surface area contributed by atoms with E-state index >= 15 is 0 Å². The molecule has 2 saturated carbocycles. The SMILES string of the molecule is C=C1CC(C)(C)[C@@]23CC=C(C)[C@@]12CCC3. The lowest BCUT2D eigenvalue weighted by Crippen LogP contribution is -2.38. The monoisotopic (exact) mass is 202 g/mol. The molecule has 0 heteroatoms. The molecule has 3 rings (SSSR count). The molecule has 0 aromatic rings. The van der Waals surface area contributed by atoms with Crippen LogP contribution in [0.5, 0.6) is 0 Å². The summed E-state index contributed by atoms with van der Waals surface area (Å²) in [5, 5.41) is 0. The van der Waals surface area contributed by atoms with Crippen molar-refractivity contribution >= 4 is 0 Å². The summed E-state index contributed by atoms with van der Waals surface area (Å²) in [5.74, 6) is 0. The molecule has 3 aliphatic rings. The van der Waals surface area contributed by atoms with Crippen molar-refractivity contribution in [2.75, 3.05) is 0 Å². The molecule has 0 radical (unpaired) electrons. The Balaban J connectivity index is 2.25. The van der Waals surface area contributed by atoms with Gasteiger partial charge in [-0.3, -0.25) is 0 Å². The Morgan fingerprint density at radius 1 is 1.27 bits per heavy atom. The molecule has 82 valence electrons. The molecule has 0 N–H and O–H groups in total. The number of hydrogen-bond donors (Lipinski definition) is 0. The molecular formula is C15H22. The summed E-state index contributed by atoms with van der Waals surface area (Å²) in [5.41, 5.74) is 4.60. The highest BCUT2D eigenvalue weighted by molar-refractivity contribution is 5.45. The van der Waals surface area contributed by atoms with Crippen molar-refractivity contribution in [1.82, 2.24) is 0 Å². The zero-order valence-corrected chi connectivity index (χ0v) is 10.3. The summed E-state index contributed by atoms with van der Waals surface area (Å²) >= 11 is 0. The predicted octanol–water partition coefficient (Wildman–Crippen LogP) is 4.48. The third kappa shape index (κ3) is 0.756. The summed E-state index contributed by atoms with van der Waals surface area (Å²) < 4.78 is 0. The standard InChI is InChI=1S/C15H22/c1-11-6-9-14-7-5-8-15(11,14)12(2)10-13(14,3)4/h6H,2,5,7-10H2,1,3-4H3/t14-,15+/m1/s1. The van der Waals surface area contributed by atoms with Crippen molar-refractivity contribution < 1.29 is 0 Å². The van der Waals surface area contributed by atoms with Crippen LogP contribution in [-0.2, 0) is 0 Å². The van der Waals surface area contributed by atoms with Crippen LogP contribution in [0.2, 0.25) is 0 Å². The molecule has 2 fully saturated rings. The van der Waals surface area contributed by atoms with Gasteiger partial charge in [-0.1, -0.05) is 44.1 Å². The maximum atomic E-state index is 4.43. The summed E-state index contributed by atoms with van der Waals surface area (Å²) in [7, 11) is 0. The lowest BCUT2D eigenvalue weighted by molar-refractivity contribution is 0.0630. The van der Waals surface area contributed by atoms with Crippen LogP contribution < -0.4 is 0 Å². The highest BCUT2D eigenvalue weighted by Gasteiger charge is 2.69. The largest absolute Gasteiger partial charge is 0.0989 e. The quantitative estimate of drug-likeness (QED) is 0.508. The van der Waals surface area contributed by atoms with Crippen molar-refractivity contribution in [1.29, 1.82) is 0 Å². The van der Waals surface area contributed by atoms with Gasteiger partial charge in [-0.05, 0) is 43.4 Å². The molecule has 0 saturated heterocycles. The second kappa shape index (κ2) is 2.42. The fourth-order valence-corrected chi connectivity index (χ4v) is 5.30. The minimum Gasteiger partial charge on any atom is -0.0989 e. The van der Waals surface area contributed by atoms with Gasteiger partial charge in [0.25, 0.3) is 0 Å². The van der Waals surface area contributed by atoms with Gasteiger partial charge < -0.3 is 0 Å². The average molecular weight is 202 g/mol. The lowest BCUT2D eigenvalue weighted by atomic mass is 9.58. The van der Waals surface area contributed by atoms with Crippen LogP contribution in [-0.4, -0.2) is 0 Å². The minimum absolute atomic E-state index is 0.413. The first-order chi connectivity index (χ1) is 6.96. The highest BCUT2D eigenvalue weighted by Crippen LogP contribution is 2.78. The van der Waals surface area contributed by atoms with Gasteiger partial charge in [0.15, 0.2) is 0 Å². The maximum Gasteiger partial charge on any atom is 0.0180 e. The van der Waals surface area contributed by atoms with Crippen LogP contribution in [0.25, 0.3) is 0 Å². The Bertz CT molecular complexity index is 371. The second-order valence-corrected chi connectivity index (χ2v) is 6.60. The van der Waals surface area contributed by atoms with Gasteiger partial charge >= 0.3 is 0 Å². The molecule has 0 aliphatic heterocycles. The van der Waals surface area contributed by atoms with Crippen molar-refractivity contribution in [2.45, 2.75) is 52.9 Å². The Morgan fingerprint density at radius 3 is 2.67 bits per heavy atom. The molecule has 0 nitrogen and oxygen atoms in total. The molecule has 15 heavy (non-hydrogen) atoms. The average Bonchev–Trinajstić information content (AvgIpc) is 2.68. The van der Waals surface area contributed by atoms with Crippen molar-refractivity contribution in [3.63, 3.8) is 0 Å². The van der Waals surface area contributed by atoms with Crippen LogP contribution in [0.15, 0.2) is 23.8 Å². The Kier molecular flexibility index (Phi) is 1.56. The molecule has 0 spiro atoms. The van der Waals surface area contributed by atoms with E-state index in [4.69, 9.17) is 0 Å². The lowest BCUT2D eigenvalue weighted by Gasteiger charge is -2.44. The van der Waals surface area contributed by atoms with E-state index in [-0.39, 0.29) is 0 Å². The number of rotatable bonds is 0. The minimum atomic E-state index is 0.413. The van der Waals surface area contributed by atoms with Gasteiger partial charge in [-0.25, -0.2) is 0 Å². The third-order valence-electron chi connectivity index (χ3n) is 5.96. The van der Waals surface area contributed by atoms with Gasteiger partial charge in [-0.2, -0.15) is 0 Å². The van der Waals surface area contributed by atoms with E-state index in [1.807, 2.05) is 0 Å². The van der Waals surface area contributed by atoms with E-state index in [9.17, 15) is 0 Å². The fraction of sp³-hybridized carbons (Fsp3) is 0.733. The van der Waals surface area contributed by atoms with Crippen LogP contribution >= 0.6 is 0 Å². The first-order valence-electron chi connectivity index (χ1n) is 6.32. The van der Waals surface area contributed by atoms with Crippen molar-refractivity contribution in [3.8, 4) is 0 Å². The zero-order valence-electron chi connectivity index (χ0n) is 10.3. The molecule has 0 amide bonds. The summed E-state index contributed by atoms with van der Waals surface area (Å²) in [4.78, 5) is 0. The Hall–Kier alpha value is -0.520. The van der Waals surface area contributed by atoms with Crippen LogP contribution in [0.3, 0.4) is 0 Å². The molecule has 0 bridgehead atoms. The summed E-state index contributed by atoms with van der Waals surface area (Å²) in [6.07, 6.45) is 9.27. The van der Waals surface area contributed by atoms with E-state index < -0.39 is 0 Å². The summed E-state index contributed by atoms with van der Waals surface area (Å²) in [6, 6.07) is 0. The first-order valence-corrected chi connectivity index (χ1v) is 6.32. The topological polar surface area (TPSA) is 0 Å². The van der Waals surface area contributed by atoms with Gasteiger partial charge in [0.1, 0.15) is 0 Å². The smallest absolute Gasteiger partial charge is 0.0180 e. The third-order valence-corrected chi connectivity index (χ3v) is 5.96. The fourth-order valence-electron chi connectivity index (χ4n) is 5.30. The van der Waals surface area contributed by atoms with E-state index in [2.05, 4.69) is 33.4 Å². The zero-order chi connectivity index (χ0) is 10.9. The van der Waals surface area contributed by atoms with Crippen molar-refractivity contribution in [2.24, 2.45) is 16.2 Å². The van der Waals surface area contributed by atoms with E-state index in [0.29, 0.717) is 16.2 Å².